The quantitative estimate of drug-likeness (QED) is 0.466. The lowest BCUT2D eigenvalue weighted by atomic mass is 10.2. The summed E-state index contributed by atoms with van der Waals surface area (Å²) in [5, 5.41) is -1.57. The summed E-state index contributed by atoms with van der Waals surface area (Å²) in [4.78, 5) is 34.4. The van der Waals surface area contributed by atoms with Crippen LogP contribution in [0.25, 0.3) is 0 Å². The van der Waals surface area contributed by atoms with E-state index in [1.165, 1.54) is 44.4 Å². The molecule has 1 atom stereocenters. The third kappa shape index (κ3) is 7.01. The highest BCUT2D eigenvalue weighted by Gasteiger charge is 2.22. The van der Waals surface area contributed by atoms with Crippen LogP contribution < -0.4 is 10.5 Å². The molecule has 0 fully saturated rings. The van der Waals surface area contributed by atoms with Crippen molar-refractivity contribution in [2.75, 3.05) is 26.9 Å². The molecule has 0 aliphatic heterocycles. The Labute approximate surface area is 172 Å². The van der Waals surface area contributed by atoms with Gasteiger partial charge >= 0.3 is 0 Å². The number of halogens is 1. The van der Waals surface area contributed by atoms with E-state index in [-0.39, 0.29) is 23.1 Å². The largest absolute Gasteiger partial charge is 0.766 e. The van der Waals surface area contributed by atoms with Crippen molar-refractivity contribution in [3.63, 3.8) is 0 Å². The van der Waals surface area contributed by atoms with Gasteiger partial charge in [-0.25, -0.2) is 18.4 Å². The molecule has 0 saturated heterocycles. The molecule has 0 aliphatic carbocycles. The molecule has 29 heavy (non-hydrogen) atoms. The summed E-state index contributed by atoms with van der Waals surface area (Å²) in [5.74, 6) is -0.647. The second-order valence-electron chi connectivity index (χ2n) is 5.17. The Hall–Kier alpha value is -2.68. The minimum absolute atomic E-state index is 0.0301. The van der Waals surface area contributed by atoms with Gasteiger partial charge in [0.25, 0.3) is 20.1 Å². The molecule has 0 aromatic carbocycles. The van der Waals surface area contributed by atoms with E-state index in [1.807, 2.05) is 0 Å². The van der Waals surface area contributed by atoms with Gasteiger partial charge in [-0.2, -0.15) is 4.98 Å². The van der Waals surface area contributed by atoms with Gasteiger partial charge in [0.05, 0.1) is 12.7 Å². The SMILES string of the molecule is CN(C)C(=O)c1cccnc1S(=O)(=O)Cl.COc1cc(C(=O)S(=O)[O-])nc(N)n1. The van der Waals surface area contributed by atoms with Gasteiger partial charge in [-0.3, -0.25) is 13.8 Å². The molecule has 2 aromatic rings. The van der Waals surface area contributed by atoms with Crippen molar-refractivity contribution in [3.8, 4) is 5.88 Å². The van der Waals surface area contributed by atoms with Gasteiger partial charge in [0.2, 0.25) is 11.8 Å². The number of nitrogens with two attached hydrogens (primary N) is 1. The average Bonchev–Trinajstić information content (AvgIpc) is 2.65. The topological polar surface area (TPSA) is 186 Å². The molecule has 15 heteroatoms. The predicted octanol–water partition coefficient (Wildman–Crippen LogP) is -0.202. The Morgan fingerprint density at radius 2 is 1.93 bits per heavy atom. The van der Waals surface area contributed by atoms with Gasteiger partial charge in [0, 0.05) is 48.1 Å². The summed E-state index contributed by atoms with van der Waals surface area (Å²) in [6.07, 6.45) is 1.27. The zero-order valence-corrected chi connectivity index (χ0v) is 17.6. The maximum Gasteiger partial charge on any atom is 0.279 e. The Kier molecular flexibility index (Phi) is 8.57. The van der Waals surface area contributed by atoms with Gasteiger partial charge in [0.15, 0.2) is 5.03 Å². The molecule has 1 unspecified atom stereocenters. The Balaban J connectivity index is 0.000000291. The van der Waals surface area contributed by atoms with Gasteiger partial charge in [-0.15, -0.1) is 0 Å². The van der Waals surface area contributed by atoms with Crippen LogP contribution in [0.4, 0.5) is 5.95 Å². The highest BCUT2D eigenvalue weighted by Crippen LogP contribution is 2.17. The monoisotopic (exact) mass is 464 g/mol. The summed E-state index contributed by atoms with van der Waals surface area (Å²) in [7, 11) is 5.49. The van der Waals surface area contributed by atoms with Crippen LogP contribution in [0.1, 0.15) is 20.8 Å². The number of nitrogen functional groups attached to an aromatic ring is 1. The van der Waals surface area contributed by atoms with Crippen molar-refractivity contribution in [2.45, 2.75) is 5.03 Å². The molecule has 12 nitrogen and oxygen atoms in total. The number of rotatable bonds is 4. The van der Waals surface area contributed by atoms with Crippen molar-refractivity contribution >= 4 is 47.8 Å². The van der Waals surface area contributed by atoms with E-state index in [0.29, 0.717) is 0 Å². The van der Waals surface area contributed by atoms with Crippen molar-refractivity contribution < 1.29 is 31.5 Å². The summed E-state index contributed by atoms with van der Waals surface area (Å²) in [5.41, 5.74) is 4.87. The third-order valence-electron chi connectivity index (χ3n) is 2.93. The third-order valence-corrected chi connectivity index (χ3v) is 4.67. The molecule has 1 amide bonds. The van der Waals surface area contributed by atoms with Gasteiger partial charge in [-0.1, -0.05) is 0 Å². The minimum Gasteiger partial charge on any atom is -0.766 e. The number of aromatic nitrogens is 3. The number of anilines is 1. The lowest BCUT2D eigenvalue weighted by molar-refractivity contribution is 0.0823. The first-order valence-corrected chi connectivity index (χ1v) is 10.7. The van der Waals surface area contributed by atoms with Gasteiger partial charge < -0.3 is 19.9 Å². The van der Waals surface area contributed by atoms with E-state index in [2.05, 4.69) is 19.7 Å². The highest BCUT2D eigenvalue weighted by molar-refractivity contribution is 8.13. The second-order valence-corrected chi connectivity index (χ2v) is 8.49. The Morgan fingerprint density at radius 1 is 1.31 bits per heavy atom. The number of pyridine rings is 1. The number of hydrogen-bond acceptors (Lipinski definition) is 11. The van der Waals surface area contributed by atoms with Crippen molar-refractivity contribution in [2.24, 2.45) is 0 Å². The molecular formula is C14H15ClN5O7S2-. The van der Waals surface area contributed by atoms with Crippen LogP contribution in [0.3, 0.4) is 0 Å². The fourth-order valence-corrected chi connectivity index (χ4v) is 2.98. The first kappa shape index (κ1) is 24.4. The second kappa shape index (κ2) is 10.2. The zero-order chi connectivity index (χ0) is 22.4. The maximum absolute atomic E-state index is 11.6. The Morgan fingerprint density at radius 3 is 2.41 bits per heavy atom. The summed E-state index contributed by atoms with van der Waals surface area (Å²) in [6.45, 7) is 0. The molecule has 0 aliphatic rings. The highest BCUT2D eigenvalue weighted by atomic mass is 35.7. The fourth-order valence-electron chi connectivity index (χ4n) is 1.73. The molecule has 0 saturated carbocycles. The molecule has 0 bridgehead atoms. The van der Waals surface area contributed by atoms with Crippen LogP contribution in [0.2, 0.25) is 0 Å². The molecule has 0 spiro atoms. The van der Waals surface area contributed by atoms with Crippen LogP contribution in [0.15, 0.2) is 29.4 Å². The van der Waals surface area contributed by atoms with Crippen LogP contribution in [-0.2, 0) is 20.1 Å². The van der Waals surface area contributed by atoms with E-state index < -0.39 is 36.2 Å². The van der Waals surface area contributed by atoms with Crippen LogP contribution in [-0.4, -0.2) is 69.3 Å². The van der Waals surface area contributed by atoms with E-state index in [1.54, 1.807) is 0 Å². The number of amides is 1. The smallest absolute Gasteiger partial charge is 0.279 e. The van der Waals surface area contributed by atoms with Gasteiger partial charge in [0.1, 0.15) is 5.69 Å². The van der Waals surface area contributed by atoms with E-state index in [9.17, 15) is 26.8 Å². The van der Waals surface area contributed by atoms with E-state index in [0.717, 1.165) is 6.07 Å². The molecular weight excluding hydrogens is 450 g/mol. The molecule has 158 valence electrons. The van der Waals surface area contributed by atoms with Crippen molar-refractivity contribution in [1.29, 1.82) is 0 Å². The Bertz CT molecular complexity index is 1050. The number of ether oxygens (including phenoxy) is 1. The standard InChI is InChI=1S/C8H9ClN2O3S.C6H7N3O4S/c1-11(2)8(12)6-4-3-5-10-7(6)15(9,13)14;1-13-4-2-3(5(10)14(11)12)8-6(7)9-4/h3-5H,1-2H3;2H,1H3,(H,11,12)(H2,7,8,9)/p-1. The summed E-state index contributed by atoms with van der Waals surface area (Å²) < 4.78 is 47.5. The van der Waals surface area contributed by atoms with E-state index >= 15 is 0 Å². The summed E-state index contributed by atoms with van der Waals surface area (Å²) in [6, 6.07) is 3.93. The predicted molar refractivity (Wildman–Crippen MR) is 102 cm³/mol. The zero-order valence-electron chi connectivity index (χ0n) is 15.2. The molecule has 2 N–H and O–H groups in total. The lowest BCUT2D eigenvalue weighted by Crippen LogP contribution is -2.23. The fraction of sp³-hybridized carbons (Fsp3) is 0.214. The average molecular weight is 465 g/mol. The molecule has 2 aromatic heterocycles. The van der Waals surface area contributed by atoms with Crippen LogP contribution in [0.5, 0.6) is 5.88 Å². The van der Waals surface area contributed by atoms with Gasteiger partial charge in [-0.05, 0) is 12.1 Å². The van der Waals surface area contributed by atoms with Crippen LogP contribution in [0, 0.1) is 0 Å². The lowest BCUT2D eigenvalue weighted by Gasteiger charge is -2.11. The number of carbonyl (C=O) groups is 2. The number of carbonyl (C=O) groups excluding carboxylic acids is 2. The summed E-state index contributed by atoms with van der Waals surface area (Å²) >= 11 is -2.87. The first-order chi connectivity index (χ1) is 13.4. The normalized spacial score (nSPS) is 11.6. The van der Waals surface area contributed by atoms with Crippen molar-refractivity contribution in [3.05, 3.63) is 35.7 Å². The van der Waals surface area contributed by atoms with Crippen LogP contribution >= 0.6 is 10.7 Å². The first-order valence-electron chi connectivity index (χ1n) is 7.32. The number of nitrogens with zero attached hydrogens (tertiary/aromatic N) is 4. The number of hydrogen-bond donors (Lipinski definition) is 1. The van der Waals surface area contributed by atoms with Crippen molar-refractivity contribution in [1.82, 2.24) is 19.9 Å². The molecule has 2 heterocycles. The molecule has 2 rings (SSSR count). The maximum atomic E-state index is 11.6. The minimum atomic E-state index is -4.00. The number of methoxy groups -OCH3 is 1. The van der Waals surface area contributed by atoms with E-state index in [4.69, 9.17) is 16.4 Å². The molecule has 0 radical (unpaired) electrons.